The first-order valence-corrected chi connectivity index (χ1v) is 7.33. The van der Waals surface area contributed by atoms with Crippen LogP contribution in [0.2, 0.25) is 0 Å². The molecule has 2 N–H and O–H groups in total. The third-order valence-corrected chi connectivity index (χ3v) is 3.84. The van der Waals surface area contributed by atoms with Gasteiger partial charge in [0.2, 0.25) is 0 Å². The number of nitro groups is 1. The fraction of sp³-hybridized carbons (Fsp3) is 0.533. The Morgan fingerprint density at radius 2 is 2.19 bits per heavy atom. The van der Waals surface area contributed by atoms with Crippen LogP contribution >= 0.6 is 0 Å². The monoisotopic (exact) mass is 291 g/mol. The number of non-ortho nitro benzene ring substituents is 1. The minimum Gasteiger partial charge on any atom is -0.385 e. The van der Waals surface area contributed by atoms with Crippen LogP contribution in [0.4, 0.5) is 11.4 Å². The summed E-state index contributed by atoms with van der Waals surface area (Å²) in [6, 6.07) is 4.32. The normalized spacial score (nSPS) is 15.3. The molecule has 0 radical (unpaired) electrons. The van der Waals surface area contributed by atoms with Crippen molar-refractivity contribution in [3.63, 3.8) is 0 Å². The number of hydrogen-bond acceptors (Lipinski definition) is 4. The lowest BCUT2D eigenvalue weighted by atomic mass is 10.1. The van der Waals surface area contributed by atoms with E-state index in [0.29, 0.717) is 36.2 Å². The fourth-order valence-corrected chi connectivity index (χ4v) is 2.36. The zero-order valence-corrected chi connectivity index (χ0v) is 12.4. The van der Waals surface area contributed by atoms with Crippen LogP contribution in [-0.4, -0.2) is 23.9 Å². The number of nitrogens with zero attached hydrogens (tertiary/aromatic N) is 1. The average Bonchev–Trinajstić information content (AvgIpc) is 3.29. The minimum absolute atomic E-state index is 0.0722. The van der Waals surface area contributed by atoms with E-state index in [9.17, 15) is 14.9 Å². The van der Waals surface area contributed by atoms with Gasteiger partial charge in [0.25, 0.3) is 11.6 Å². The molecule has 1 amide bonds. The van der Waals surface area contributed by atoms with Gasteiger partial charge < -0.3 is 10.6 Å². The van der Waals surface area contributed by atoms with Crippen molar-refractivity contribution in [1.82, 2.24) is 5.32 Å². The van der Waals surface area contributed by atoms with Gasteiger partial charge in [-0.2, -0.15) is 0 Å². The molecule has 1 aromatic carbocycles. The van der Waals surface area contributed by atoms with Crippen molar-refractivity contribution in [1.29, 1.82) is 0 Å². The molecule has 0 aliphatic heterocycles. The van der Waals surface area contributed by atoms with Gasteiger partial charge in [-0.1, -0.05) is 6.92 Å². The molecule has 2 rings (SSSR count). The third kappa shape index (κ3) is 3.93. The maximum absolute atomic E-state index is 12.3. The van der Waals surface area contributed by atoms with Gasteiger partial charge in [0, 0.05) is 30.9 Å². The molecule has 1 aliphatic carbocycles. The smallest absolute Gasteiger partial charge is 0.270 e. The van der Waals surface area contributed by atoms with Crippen LogP contribution in [-0.2, 0) is 0 Å². The van der Waals surface area contributed by atoms with E-state index >= 15 is 0 Å². The number of anilines is 1. The third-order valence-electron chi connectivity index (χ3n) is 3.84. The van der Waals surface area contributed by atoms with Crippen LogP contribution in [0.3, 0.4) is 0 Å². The summed E-state index contributed by atoms with van der Waals surface area (Å²) in [6.07, 6.45) is 2.47. The van der Waals surface area contributed by atoms with Crippen molar-refractivity contribution in [3.05, 3.63) is 33.9 Å². The first-order valence-electron chi connectivity index (χ1n) is 7.33. The number of nitro benzene ring substituents is 1. The van der Waals surface area contributed by atoms with Crippen LogP contribution < -0.4 is 10.6 Å². The first kappa shape index (κ1) is 15.3. The Labute approximate surface area is 124 Å². The van der Waals surface area contributed by atoms with Crippen molar-refractivity contribution in [2.45, 2.75) is 26.7 Å². The Morgan fingerprint density at radius 3 is 2.76 bits per heavy atom. The van der Waals surface area contributed by atoms with Gasteiger partial charge in [0.15, 0.2) is 0 Å². The van der Waals surface area contributed by atoms with Crippen molar-refractivity contribution in [3.8, 4) is 0 Å². The molecular weight excluding hydrogens is 270 g/mol. The fourth-order valence-electron chi connectivity index (χ4n) is 2.36. The van der Waals surface area contributed by atoms with Crippen LogP contribution in [0.25, 0.3) is 0 Å². The molecule has 0 aromatic heterocycles. The maximum Gasteiger partial charge on any atom is 0.270 e. The Kier molecular flexibility index (Phi) is 4.77. The molecular formula is C15H21N3O3. The first-order chi connectivity index (χ1) is 10.0. The second-order valence-electron chi connectivity index (χ2n) is 5.54. The van der Waals surface area contributed by atoms with Gasteiger partial charge >= 0.3 is 0 Å². The molecule has 114 valence electrons. The number of hydrogen-bond donors (Lipinski definition) is 2. The largest absolute Gasteiger partial charge is 0.385 e. The highest BCUT2D eigenvalue weighted by molar-refractivity contribution is 6.00. The summed E-state index contributed by atoms with van der Waals surface area (Å²) in [6.45, 7) is 5.29. The number of amides is 1. The van der Waals surface area contributed by atoms with E-state index in [1.807, 2.05) is 6.92 Å². The summed E-state index contributed by atoms with van der Waals surface area (Å²) < 4.78 is 0. The summed E-state index contributed by atoms with van der Waals surface area (Å²) in [5, 5.41) is 16.8. The maximum atomic E-state index is 12.3. The summed E-state index contributed by atoms with van der Waals surface area (Å²) >= 11 is 0. The van der Waals surface area contributed by atoms with E-state index in [1.54, 1.807) is 6.07 Å². The summed E-state index contributed by atoms with van der Waals surface area (Å²) in [4.78, 5) is 22.7. The van der Waals surface area contributed by atoms with E-state index in [2.05, 4.69) is 17.6 Å². The number of carbonyl (C=O) groups excluding carboxylic acids is 1. The molecule has 0 heterocycles. The molecule has 1 fully saturated rings. The predicted octanol–water partition coefficient (Wildman–Crippen LogP) is 2.80. The summed E-state index contributed by atoms with van der Waals surface area (Å²) in [5.74, 6) is 0.904. The lowest BCUT2D eigenvalue weighted by Crippen LogP contribution is -2.29. The van der Waals surface area contributed by atoms with Crippen molar-refractivity contribution < 1.29 is 9.72 Å². The highest BCUT2D eigenvalue weighted by Crippen LogP contribution is 2.36. The van der Waals surface area contributed by atoms with Crippen LogP contribution in [0.5, 0.6) is 0 Å². The van der Waals surface area contributed by atoms with Crippen molar-refractivity contribution in [2.75, 3.05) is 18.4 Å². The van der Waals surface area contributed by atoms with E-state index in [4.69, 9.17) is 0 Å². The molecule has 1 aromatic rings. The quantitative estimate of drug-likeness (QED) is 0.597. The van der Waals surface area contributed by atoms with Gasteiger partial charge in [-0.15, -0.1) is 0 Å². The molecule has 1 unspecified atom stereocenters. The molecule has 0 spiro atoms. The van der Waals surface area contributed by atoms with Crippen LogP contribution in [0.1, 0.15) is 37.0 Å². The lowest BCUT2D eigenvalue weighted by Gasteiger charge is -2.14. The summed E-state index contributed by atoms with van der Waals surface area (Å²) in [5.41, 5.74) is 0.880. The SMILES string of the molecule is CCNc1ccc([N+](=O)[O-])cc1C(=O)NCC(C)C1CC1. The van der Waals surface area contributed by atoms with Crippen molar-refractivity contribution in [2.24, 2.45) is 11.8 Å². The number of benzene rings is 1. The molecule has 6 heteroatoms. The highest BCUT2D eigenvalue weighted by Gasteiger charge is 2.28. The van der Waals surface area contributed by atoms with Crippen LogP contribution in [0, 0.1) is 22.0 Å². The Hall–Kier alpha value is -2.11. The number of carbonyl (C=O) groups is 1. The number of nitrogens with one attached hydrogen (secondary N) is 2. The Balaban J connectivity index is 2.11. The average molecular weight is 291 g/mol. The Bertz CT molecular complexity index is 541. The van der Waals surface area contributed by atoms with Gasteiger partial charge in [0.05, 0.1) is 10.5 Å². The molecule has 0 bridgehead atoms. The van der Waals surface area contributed by atoms with Gasteiger partial charge in [0.1, 0.15) is 0 Å². The molecule has 1 saturated carbocycles. The van der Waals surface area contributed by atoms with Crippen molar-refractivity contribution >= 4 is 17.3 Å². The molecule has 1 atom stereocenters. The standard InChI is InChI=1S/C15H21N3O3/c1-3-16-14-7-6-12(18(20)21)8-13(14)15(19)17-9-10(2)11-4-5-11/h6-8,10-11,16H,3-5,9H2,1-2H3,(H,17,19). The molecule has 21 heavy (non-hydrogen) atoms. The Morgan fingerprint density at radius 1 is 1.48 bits per heavy atom. The predicted molar refractivity (Wildman–Crippen MR) is 81.5 cm³/mol. The highest BCUT2D eigenvalue weighted by atomic mass is 16.6. The second kappa shape index (κ2) is 6.56. The van der Waals surface area contributed by atoms with Gasteiger partial charge in [-0.3, -0.25) is 14.9 Å². The molecule has 6 nitrogen and oxygen atoms in total. The van der Waals surface area contributed by atoms with E-state index < -0.39 is 4.92 Å². The van der Waals surface area contributed by atoms with E-state index in [0.717, 1.165) is 0 Å². The minimum atomic E-state index is -0.487. The second-order valence-corrected chi connectivity index (χ2v) is 5.54. The van der Waals surface area contributed by atoms with Gasteiger partial charge in [-0.25, -0.2) is 0 Å². The zero-order valence-electron chi connectivity index (χ0n) is 12.4. The van der Waals surface area contributed by atoms with Gasteiger partial charge in [-0.05, 0) is 37.7 Å². The number of rotatable bonds is 7. The molecule has 1 aliphatic rings. The van der Waals surface area contributed by atoms with Crippen LogP contribution in [0.15, 0.2) is 18.2 Å². The zero-order chi connectivity index (χ0) is 15.4. The molecule has 0 saturated heterocycles. The summed E-state index contributed by atoms with van der Waals surface area (Å²) in [7, 11) is 0. The topological polar surface area (TPSA) is 84.3 Å². The lowest BCUT2D eigenvalue weighted by molar-refractivity contribution is -0.384. The van der Waals surface area contributed by atoms with E-state index in [-0.39, 0.29) is 11.6 Å². The van der Waals surface area contributed by atoms with E-state index in [1.165, 1.54) is 25.0 Å².